The van der Waals surface area contributed by atoms with Crippen molar-refractivity contribution in [2.24, 2.45) is 0 Å². The van der Waals surface area contributed by atoms with Crippen LogP contribution in [0.25, 0.3) is 0 Å². The summed E-state index contributed by atoms with van der Waals surface area (Å²) >= 11 is 5.92. The Balaban J connectivity index is 2.15. The van der Waals surface area contributed by atoms with Crippen molar-refractivity contribution in [1.29, 1.82) is 0 Å². The van der Waals surface area contributed by atoms with Crippen LogP contribution in [0.15, 0.2) is 54.6 Å². The minimum absolute atomic E-state index is 0.0914. The molecule has 2 aromatic carbocycles. The fourth-order valence-corrected chi connectivity index (χ4v) is 2.52. The molecule has 0 spiro atoms. The lowest BCUT2D eigenvalue weighted by Crippen LogP contribution is -2.40. The van der Waals surface area contributed by atoms with Gasteiger partial charge in [0.25, 0.3) is 0 Å². The first kappa shape index (κ1) is 15.6. The maximum atomic E-state index is 12.7. The first-order valence-corrected chi connectivity index (χ1v) is 7.34. The smallest absolute Gasteiger partial charge is 0.232 e. The largest absolute Gasteiger partial charge is 0.341 e. The van der Waals surface area contributed by atoms with Crippen molar-refractivity contribution in [2.45, 2.75) is 25.8 Å². The summed E-state index contributed by atoms with van der Waals surface area (Å²) in [6, 6.07) is 17.5. The van der Waals surface area contributed by atoms with Crippen LogP contribution < -0.4 is 0 Å². The van der Waals surface area contributed by atoms with Gasteiger partial charge in [-0.25, -0.2) is 0 Å². The summed E-state index contributed by atoms with van der Waals surface area (Å²) in [6.45, 7) is 4.50. The van der Waals surface area contributed by atoms with Gasteiger partial charge in [0.05, 0.1) is 5.41 Å². The number of nitrogens with zero attached hydrogens (tertiary/aromatic N) is 1. The predicted octanol–water partition coefficient (Wildman–Crippen LogP) is 4.28. The van der Waals surface area contributed by atoms with Gasteiger partial charge >= 0.3 is 0 Å². The Morgan fingerprint density at radius 3 is 2.19 bits per heavy atom. The molecule has 2 aromatic rings. The van der Waals surface area contributed by atoms with Gasteiger partial charge in [0.15, 0.2) is 0 Å². The monoisotopic (exact) mass is 301 g/mol. The summed E-state index contributed by atoms with van der Waals surface area (Å²) in [5, 5.41) is 0.680. The van der Waals surface area contributed by atoms with Crippen LogP contribution in [0.5, 0.6) is 0 Å². The number of hydrogen-bond acceptors (Lipinski definition) is 1. The highest BCUT2D eigenvalue weighted by atomic mass is 35.5. The third kappa shape index (κ3) is 3.64. The molecule has 0 aliphatic rings. The molecule has 0 aliphatic carbocycles. The van der Waals surface area contributed by atoms with Gasteiger partial charge < -0.3 is 4.90 Å². The van der Waals surface area contributed by atoms with Gasteiger partial charge in [-0.3, -0.25) is 4.79 Å². The van der Waals surface area contributed by atoms with Crippen LogP contribution >= 0.6 is 11.6 Å². The second-order valence-corrected chi connectivity index (χ2v) is 6.22. The summed E-state index contributed by atoms with van der Waals surface area (Å²) in [6.07, 6.45) is 0. The van der Waals surface area contributed by atoms with Gasteiger partial charge in [0.1, 0.15) is 0 Å². The third-order valence-electron chi connectivity index (χ3n) is 3.71. The second kappa shape index (κ2) is 6.31. The zero-order valence-electron chi connectivity index (χ0n) is 12.6. The molecule has 0 atom stereocenters. The summed E-state index contributed by atoms with van der Waals surface area (Å²) in [5.41, 5.74) is 1.52. The van der Waals surface area contributed by atoms with E-state index in [4.69, 9.17) is 11.6 Å². The van der Waals surface area contributed by atoms with E-state index in [9.17, 15) is 4.79 Å². The molecule has 0 aromatic heterocycles. The summed E-state index contributed by atoms with van der Waals surface area (Å²) in [5.74, 6) is 0.0914. The first-order chi connectivity index (χ1) is 9.91. The number of amides is 1. The fourth-order valence-electron chi connectivity index (χ4n) is 2.40. The lowest BCUT2D eigenvalue weighted by molar-refractivity contribution is -0.135. The van der Waals surface area contributed by atoms with Crippen LogP contribution in [0.3, 0.4) is 0 Å². The molecule has 0 radical (unpaired) electrons. The molecule has 0 N–H and O–H groups in total. The Hall–Kier alpha value is -1.80. The molecule has 110 valence electrons. The molecule has 0 aliphatic heterocycles. The van der Waals surface area contributed by atoms with Crippen molar-refractivity contribution in [1.82, 2.24) is 4.90 Å². The zero-order chi connectivity index (χ0) is 15.5. The Labute approximate surface area is 131 Å². The highest BCUT2D eigenvalue weighted by Crippen LogP contribution is 2.27. The minimum atomic E-state index is -0.575. The Morgan fingerprint density at radius 2 is 1.62 bits per heavy atom. The van der Waals surface area contributed by atoms with Crippen LogP contribution in [-0.4, -0.2) is 17.9 Å². The molecule has 0 saturated carbocycles. The maximum absolute atomic E-state index is 12.7. The highest BCUT2D eigenvalue weighted by molar-refractivity contribution is 6.30. The number of halogens is 1. The van der Waals surface area contributed by atoms with Gasteiger partial charge in [-0.05, 0) is 37.1 Å². The van der Waals surface area contributed by atoms with E-state index in [1.54, 1.807) is 4.90 Å². The van der Waals surface area contributed by atoms with Crippen LogP contribution in [-0.2, 0) is 16.8 Å². The number of likely N-dealkylation sites (N-methyl/N-ethyl adjacent to an activating group) is 1. The van der Waals surface area contributed by atoms with Crippen LogP contribution in [0.2, 0.25) is 5.02 Å². The number of hydrogen-bond donors (Lipinski definition) is 0. The van der Waals surface area contributed by atoms with E-state index in [-0.39, 0.29) is 5.91 Å². The van der Waals surface area contributed by atoms with Crippen LogP contribution in [0.4, 0.5) is 0 Å². The molecule has 3 heteroatoms. The topological polar surface area (TPSA) is 20.3 Å². The van der Waals surface area contributed by atoms with Crippen molar-refractivity contribution >= 4 is 17.5 Å². The Kier molecular flexibility index (Phi) is 4.69. The van der Waals surface area contributed by atoms with Crippen molar-refractivity contribution in [3.8, 4) is 0 Å². The van der Waals surface area contributed by atoms with Crippen molar-refractivity contribution < 1.29 is 4.79 Å². The van der Waals surface area contributed by atoms with Gasteiger partial charge in [-0.1, -0.05) is 54.1 Å². The number of carbonyl (C=O) groups excluding carboxylic acids is 1. The average Bonchev–Trinajstić information content (AvgIpc) is 2.48. The van der Waals surface area contributed by atoms with Crippen molar-refractivity contribution in [3.63, 3.8) is 0 Å². The van der Waals surface area contributed by atoms with Gasteiger partial charge in [0.2, 0.25) is 5.91 Å². The number of carbonyl (C=O) groups is 1. The summed E-state index contributed by atoms with van der Waals surface area (Å²) < 4.78 is 0. The summed E-state index contributed by atoms with van der Waals surface area (Å²) in [7, 11) is 1.84. The molecule has 1 amide bonds. The molecule has 0 saturated heterocycles. The molecule has 0 bridgehead atoms. The predicted molar refractivity (Wildman–Crippen MR) is 87.4 cm³/mol. The standard InChI is InChI=1S/C18H20ClNO/c1-18(2,15-9-11-16(19)12-10-15)17(21)20(3)13-14-7-5-4-6-8-14/h4-12H,13H2,1-3H3. The van der Waals surface area contributed by atoms with E-state index >= 15 is 0 Å². The fraction of sp³-hybridized carbons (Fsp3) is 0.278. The minimum Gasteiger partial charge on any atom is -0.341 e. The Morgan fingerprint density at radius 1 is 1.05 bits per heavy atom. The molecule has 21 heavy (non-hydrogen) atoms. The van der Waals surface area contributed by atoms with Crippen LogP contribution in [0.1, 0.15) is 25.0 Å². The van der Waals surface area contributed by atoms with E-state index in [2.05, 4.69) is 0 Å². The third-order valence-corrected chi connectivity index (χ3v) is 3.96. The average molecular weight is 302 g/mol. The first-order valence-electron chi connectivity index (χ1n) is 6.97. The van der Waals surface area contributed by atoms with Gasteiger partial charge in [-0.15, -0.1) is 0 Å². The highest BCUT2D eigenvalue weighted by Gasteiger charge is 2.32. The van der Waals surface area contributed by atoms with E-state index in [0.717, 1.165) is 11.1 Å². The molecule has 2 rings (SSSR count). The van der Waals surface area contributed by atoms with Crippen LogP contribution in [0, 0.1) is 0 Å². The van der Waals surface area contributed by atoms with Crippen molar-refractivity contribution in [3.05, 3.63) is 70.7 Å². The number of benzene rings is 2. The molecular weight excluding hydrogens is 282 g/mol. The lowest BCUT2D eigenvalue weighted by atomic mass is 9.83. The number of rotatable bonds is 4. The SMILES string of the molecule is CN(Cc1ccccc1)C(=O)C(C)(C)c1ccc(Cl)cc1. The molecule has 0 unspecified atom stereocenters. The molecule has 0 heterocycles. The molecule has 2 nitrogen and oxygen atoms in total. The van der Waals surface area contributed by atoms with Gasteiger partial charge in [-0.2, -0.15) is 0 Å². The van der Waals surface area contributed by atoms with E-state index in [1.165, 1.54) is 0 Å². The maximum Gasteiger partial charge on any atom is 0.232 e. The van der Waals surface area contributed by atoms with Crippen molar-refractivity contribution in [2.75, 3.05) is 7.05 Å². The van der Waals surface area contributed by atoms with E-state index in [0.29, 0.717) is 11.6 Å². The summed E-state index contributed by atoms with van der Waals surface area (Å²) in [4.78, 5) is 14.5. The van der Waals surface area contributed by atoms with E-state index < -0.39 is 5.41 Å². The molecular formula is C18H20ClNO. The zero-order valence-corrected chi connectivity index (χ0v) is 13.4. The second-order valence-electron chi connectivity index (χ2n) is 5.78. The van der Waals surface area contributed by atoms with Gasteiger partial charge in [0, 0.05) is 18.6 Å². The molecule has 0 fully saturated rings. The quantitative estimate of drug-likeness (QED) is 0.825. The lowest BCUT2D eigenvalue weighted by Gasteiger charge is -2.30. The normalized spacial score (nSPS) is 11.2. The Bertz CT molecular complexity index is 605. The van der Waals surface area contributed by atoms with E-state index in [1.807, 2.05) is 75.5 Å².